The summed E-state index contributed by atoms with van der Waals surface area (Å²) in [5.74, 6) is 1.66. The predicted octanol–water partition coefficient (Wildman–Crippen LogP) is 5.87. The quantitative estimate of drug-likeness (QED) is 0.654. The van der Waals surface area contributed by atoms with Crippen molar-refractivity contribution in [2.45, 2.75) is 89.9 Å². The van der Waals surface area contributed by atoms with Crippen LogP contribution in [0.4, 0.5) is 0 Å². The summed E-state index contributed by atoms with van der Waals surface area (Å²) in [6, 6.07) is 9.12. The molecule has 0 aliphatic heterocycles. The number of hydrogen-bond donors (Lipinski definition) is 1. The van der Waals surface area contributed by atoms with Crippen molar-refractivity contribution in [1.82, 2.24) is 0 Å². The number of rotatable bonds is 6. The molecule has 0 radical (unpaired) electrons. The fourth-order valence-electron chi connectivity index (χ4n) is 3.47. The van der Waals surface area contributed by atoms with Gasteiger partial charge in [0.25, 0.3) is 0 Å². The molecule has 0 heterocycles. The second-order valence-corrected chi connectivity index (χ2v) is 14.4. The fraction of sp³-hybridized carbons (Fsp3) is 0.714. The van der Waals surface area contributed by atoms with Gasteiger partial charge < -0.3 is 10.2 Å². The van der Waals surface area contributed by atoms with E-state index in [1.165, 1.54) is 24.8 Å². The fourth-order valence-corrected chi connectivity index (χ4v) is 4.50. The van der Waals surface area contributed by atoms with Crippen LogP contribution >= 0.6 is 0 Å². The van der Waals surface area contributed by atoms with Crippen LogP contribution in [0.5, 0.6) is 5.75 Å². The summed E-state index contributed by atoms with van der Waals surface area (Å²) in [5, 5.41) is 0.223. The molecule has 1 aromatic carbocycles. The van der Waals surface area contributed by atoms with E-state index in [9.17, 15) is 0 Å². The zero-order chi connectivity index (χ0) is 18.2. The van der Waals surface area contributed by atoms with Crippen LogP contribution in [0.25, 0.3) is 0 Å². The minimum Gasteiger partial charge on any atom is -0.544 e. The third-order valence-corrected chi connectivity index (χ3v) is 10.6. The second-order valence-electron chi connectivity index (χ2n) is 9.63. The van der Waals surface area contributed by atoms with E-state index in [4.69, 9.17) is 10.2 Å². The number of nitrogens with two attached hydrogens (primary N) is 1. The van der Waals surface area contributed by atoms with Crippen molar-refractivity contribution in [3.05, 3.63) is 29.8 Å². The minimum atomic E-state index is -1.77. The Kier molecular flexibility index (Phi) is 5.56. The van der Waals surface area contributed by atoms with E-state index in [1.54, 1.807) is 0 Å². The first-order valence-corrected chi connectivity index (χ1v) is 12.4. The molecule has 136 valence electrons. The van der Waals surface area contributed by atoms with Crippen LogP contribution in [0.3, 0.4) is 0 Å². The lowest BCUT2D eigenvalue weighted by Crippen LogP contribution is -2.51. The van der Waals surface area contributed by atoms with Crippen LogP contribution in [0.1, 0.15) is 65.9 Å². The third kappa shape index (κ3) is 3.88. The molecule has 0 bridgehead atoms. The molecule has 0 spiro atoms. The van der Waals surface area contributed by atoms with Gasteiger partial charge in [-0.2, -0.15) is 0 Å². The van der Waals surface area contributed by atoms with E-state index in [1.807, 2.05) is 0 Å². The van der Waals surface area contributed by atoms with Gasteiger partial charge in [-0.3, -0.25) is 0 Å². The highest BCUT2D eigenvalue weighted by Crippen LogP contribution is 2.47. The van der Waals surface area contributed by atoms with Gasteiger partial charge in [0.05, 0.1) is 0 Å². The van der Waals surface area contributed by atoms with Crippen LogP contribution in [0.15, 0.2) is 24.3 Å². The van der Waals surface area contributed by atoms with Crippen LogP contribution in [0.2, 0.25) is 18.1 Å². The van der Waals surface area contributed by atoms with Gasteiger partial charge in [0.1, 0.15) is 5.75 Å². The maximum atomic E-state index is 6.62. The lowest BCUT2D eigenvalue weighted by atomic mass is 9.59. The van der Waals surface area contributed by atoms with Gasteiger partial charge in [-0.1, -0.05) is 53.2 Å². The molecule has 3 heteroatoms. The monoisotopic (exact) mass is 347 g/mol. The highest BCUT2D eigenvalue weighted by molar-refractivity contribution is 6.74. The second kappa shape index (κ2) is 6.84. The van der Waals surface area contributed by atoms with Gasteiger partial charge in [0.15, 0.2) is 0 Å². The van der Waals surface area contributed by atoms with Gasteiger partial charge in [-0.25, -0.2) is 0 Å². The third-order valence-electron chi connectivity index (χ3n) is 6.29. The summed E-state index contributed by atoms with van der Waals surface area (Å²) in [6.07, 6.45) is 4.85. The van der Waals surface area contributed by atoms with E-state index in [2.05, 4.69) is 72.0 Å². The van der Waals surface area contributed by atoms with Crippen molar-refractivity contribution in [2.24, 2.45) is 11.7 Å². The van der Waals surface area contributed by atoms with Crippen LogP contribution < -0.4 is 10.2 Å². The van der Waals surface area contributed by atoms with Crippen molar-refractivity contribution < 1.29 is 4.43 Å². The molecule has 0 saturated heterocycles. The van der Waals surface area contributed by atoms with Gasteiger partial charge in [0.2, 0.25) is 8.32 Å². The SMILES string of the molecule is CC(C)CC(N)C1(c2ccc(O[Si](C)(C)C(C)(C)C)cc2)CCC1. The topological polar surface area (TPSA) is 35.2 Å². The normalized spacial score (nSPS) is 19.0. The molecule has 24 heavy (non-hydrogen) atoms. The largest absolute Gasteiger partial charge is 0.544 e. The van der Waals surface area contributed by atoms with Crippen molar-refractivity contribution in [2.75, 3.05) is 0 Å². The summed E-state index contributed by atoms with van der Waals surface area (Å²) in [6.45, 7) is 16.0. The summed E-state index contributed by atoms with van der Waals surface area (Å²) >= 11 is 0. The predicted molar refractivity (Wildman–Crippen MR) is 107 cm³/mol. The molecular weight excluding hydrogens is 310 g/mol. The molecular formula is C21H37NOSi. The van der Waals surface area contributed by atoms with Crippen molar-refractivity contribution >= 4 is 8.32 Å². The molecule has 1 atom stereocenters. The summed E-state index contributed by atoms with van der Waals surface area (Å²) < 4.78 is 6.42. The standard InChI is InChI=1S/C21H37NOSi/c1-16(2)15-19(22)21(13-8-14-21)17-9-11-18(12-10-17)23-24(6,7)20(3,4)5/h9-12,16,19H,8,13-15,22H2,1-7H3. The van der Waals surface area contributed by atoms with Crippen molar-refractivity contribution in [3.8, 4) is 5.75 Å². The van der Waals surface area contributed by atoms with Crippen LogP contribution in [0, 0.1) is 5.92 Å². The average molecular weight is 348 g/mol. The Morgan fingerprint density at radius 1 is 1.12 bits per heavy atom. The van der Waals surface area contributed by atoms with Gasteiger partial charge >= 0.3 is 0 Å². The molecule has 1 aliphatic carbocycles. The first kappa shape index (κ1) is 19.5. The smallest absolute Gasteiger partial charge is 0.250 e. The summed E-state index contributed by atoms with van der Waals surface area (Å²) in [7, 11) is -1.77. The summed E-state index contributed by atoms with van der Waals surface area (Å²) in [5.41, 5.74) is 8.22. The molecule has 2 nitrogen and oxygen atoms in total. The Morgan fingerprint density at radius 2 is 1.67 bits per heavy atom. The molecule has 1 aliphatic rings. The first-order chi connectivity index (χ1) is 11.0. The Morgan fingerprint density at radius 3 is 2.04 bits per heavy atom. The lowest BCUT2D eigenvalue weighted by Gasteiger charge is -2.47. The highest BCUT2D eigenvalue weighted by Gasteiger charge is 2.44. The van der Waals surface area contributed by atoms with E-state index in [-0.39, 0.29) is 16.5 Å². The van der Waals surface area contributed by atoms with Gasteiger partial charge in [-0.05, 0) is 61.0 Å². The molecule has 1 fully saturated rings. The van der Waals surface area contributed by atoms with Crippen molar-refractivity contribution in [1.29, 1.82) is 0 Å². The molecule has 1 unspecified atom stereocenters. The Bertz CT molecular complexity index is 538. The lowest BCUT2D eigenvalue weighted by molar-refractivity contribution is 0.178. The maximum Gasteiger partial charge on any atom is 0.250 e. The van der Waals surface area contributed by atoms with Crippen LogP contribution in [-0.2, 0) is 5.41 Å². The average Bonchev–Trinajstić information content (AvgIpc) is 2.36. The Hall–Kier alpha value is -0.803. The van der Waals surface area contributed by atoms with Gasteiger partial charge in [0, 0.05) is 11.5 Å². The van der Waals surface area contributed by atoms with Gasteiger partial charge in [-0.15, -0.1) is 0 Å². The van der Waals surface area contributed by atoms with Crippen molar-refractivity contribution in [3.63, 3.8) is 0 Å². The zero-order valence-electron chi connectivity index (χ0n) is 16.8. The Labute approximate surface area is 150 Å². The molecule has 1 aromatic rings. The zero-order valence-corrected chi connectivity index (χ0v) is 17.8. The molecule has 0 aromatic heterocycles. The summed E-state index contributed by atoms with van der Waals surface area (Å²) in [4.78, 5) is 0. The highest BCUT2D eigenvalue weighted by atomic mass is 28.4. The van der Waals surface area contributed by atoms with E-state index >= 15 is 0 Å². The van der Waals surface area contributed by atoms with Crippen LogP contribution in [-0.4, -0.2) is 14.4 Å². The Balaban J connectivity index is 2.16. The minimum absolute atomic E-state index is 0.194. The molecule has 2 rings (SSSR count). The molecule has 2 N–H and O–H groups in total. The number of hydrogen-bond acceptors (Lipinski definition) is 2. The van der Waals surface area contributed by atoms with E-state index in [0.29, 0.717) is 5.92 Å². The van der Waals surface area contributed by atoms with E-state index in [0.717, 1.165) is 12.2 Å². The molecule has 0 amide bonds. The molecule has 1 saturated carbocycles. The first-order valence-electron chi connectivity index (χ1n) is 9.53. The number of benzene rings is 1. The van der Waals surface area contributed by atoms with E-state index < -0.39 is 8.32 Å². The maximum absolute atomic E-state index is 6.62.